The van der Waals surface area contributed by atoms with Crippen molar-refractivity contribution in [3.8, 4) is 0 Å². The lowest BCUT2D eigenvalue weighted by Gasteiger charge is -2.58. The first kappa shape index (κ1) is 26.1. The third-order valence-corrected chi connectivity index (χ3v) is 9.34. The second-order valence-electron chi connectivity index (χ2n) is 10.9. The van der Waals surface area contributed by atoms with Gasteiger partial charge in [-0.3, -0.25) is 0 Å². The molecular formula is C26H38N2O6S. The van der Waals surface area contributed by atoms with E-state index in [-0.39, 0.29) is 16.9 Å². The van der Waals surface area contributed by atoms with E-state index in [2.05, 4.69) is 11.9 Å². The van der Waals surface area contributed by atoms with Crippen molar-refractivity contribution in [1.82, 2.24) is 9.62 Å². The average Bonchev–Trinajstić information content (AvgIpc) is 3.24. The Morgan fingerprint density at radius 2 is 1.91 bits per heavy atom. The summed E-state index contributed by atoms with van der Waals surface area (Å²) in [5.41, 5.74) is -1.16. The van der Waals surface area contributed by atoms with Gasteiger partial charge in [-0.15, -0.1) is 6.58 Å². The molecule has 4 rings (SSSR count). The first-order valence-electron chi connectivity index (χ1n) is 12.4. The zero-order chi connectivity index (χ0) is 25.3. The van der Waals surface area contributed by atoms with Crippen LogP contribution in [0.4, 0.5) is 4.79 Å². The van der Waals surface area contributed by atoms with Crippen LogP contribution in [0.15, 0.2) is 47.9 Å². The minimum atomic E-state index is -3.68. The van der Waals surface area contributed by atoms with Crippen LogP contribution < -0.4 is 5.32 Å². The standard InChI is InChI=1S/C26H38N2O6S/c1-5-6-13-25-19-28(35(30,31)21-10-8-7-9-11-21)14-12-20(25)17-26(32-15-16-33-26)18-22(25)27-23(29)34-24(2,3)4/h5,7-11,20,22H,1,6,12-19H2,2-4H3,(H,27,29)/t20-,22-,25-/m0/s1. The Bertz CT molecular complexity index is 1020. The Morgan fingerprint density at radius 1 is 1.23 bits per heavy atom. The monoisotopic (exact) mass is 506 g/mol. The van der Waals surface area contributed by atoms with Gasteiger partial charge < -0.3 is 19.5 Å². The molecule has 0 unspecified atom stereocenters. The van der Waals surface area contributed by atoms with Crippen LogP contribution in [-0.2, 0) is 24.2 Å². The largest absolute Gasteiger partial charge is 0.444 e. The number of carbonyl (C=O) groups excluding carboxylic acids is 1. The van der Waals surface area contributed by atoms with Gasteiger partial charge in [0.1, 0.15) is 5.60 Å². The maximum atomic E-state index is 13.6. The molecule has 1 aromatic carbocycles. The number of alkyl carbamates (subject to hydrolysis) is 1. The fourth-order valence-corrected chi connectivity index (χ4v) is 7.50. The van der Waals surface area contributed by atoms with Gasteiger partial charge >= 0.3 is 6.09 Å². The van der Waals surface area contributed by atoms with E-state index in [4.69, 9.17) is 14.2 Å². The number of sulfonamides is 1. The van der Waals surface area contributed by atoms with Gasteiger partial charge in [0, 0.05) is 37.4 Å². The van der Waals surface area contributed by atoms with Crippen LogP contribution in [0, 0.1) is 11.3 Å². The number of benzene rings is 1. The second kappa shape index (κ2) is 9.84. The highest BCUT2D eigenvalue weighted by atomic mass is 32.2. The van der Waals surface area contributed by atoms with Gasteiger partial charge in [-0.25, -0.2) is 13.2 Å². The van der Waals surface area contributed by atoms with Crippen molar-refractivity contribution in [2.24, 2.45) is 11.3 Å². The number of hydrogen-bond donors (Lipinski definition) is 1. The number of rotatable bonds is 6. The van der Waals surface area contributed by atoms with Crippen LogP contribution in [0.1, 0.15) is 52.9 Å². The van der Waals surface area contributed by atoms with E-state index in [1.807, 2.05) is 26.8 Å². The Hall–Kier alpha value is -1.94. The molecule has 3 aliphatic rings. The number of amides is 1. The van der Waals surface area contributed by atoms with Gasteiger partial charge in [-0.2, -0.15) is 4.31 Å². The van der Waals surface area contributed by atoms with Gasteiger partial charge in [-0.1, -0.05) is 24.3 Å². The molecule has 2 saturated heterocycles. The molecule has 3 atom stereocenters. The molecular weight excluding hydrogens is 468 g/mol. The van der Waals surface area contributed by atoms with Crippen LogP contribution in [0.5, 0.6) is 0 Å². The number of ether oxygens (including phenoxy) is 3. The van der Waals surface area contributed by atoms with Crippen molar-refractivity contribution >= 4 is 16.1 Å². The number of nitrogens with zero attached hydrogens (tertiary/aromatic N) is 1. The van der Waals surface area contributed by atoms with E-state index >= 15 is 0 Å². The zero-order valence-corrected chi connectivity index (χ0v) is 21.8. The fourth-order valence-electron chi connectivity index (χ4n) is 5.95. The molecule has 8 nitrogen and oxygen atoms in total. The molecule has 9 heteroatoms. The first-order valence-corrected chi connectivity index (χ1v) is 13.9. The molecule has 1 N–H and O–H groups in total. The maximum Gasteiger partial charge on any atom is 0.407 e. The Labute approximate surface area is 209 Å². The normalized spacial score (nSPS) is 28.9. The van der Waals surface area contributed by atoms with E-state index in [9.17, 15) is 13.2 Å². The lowest BCUT2D eigenvalue weighted by molar-refractivity contribution is -0.223. The van der Waals surface area contributed by atoms with Gasteiger partial charge in [-0.05, 0) is 58.1 Å². The van der Waals surface area contributed by atoms with Crippen molar-refractivity contribution in [2.45, 2.75) is 75.2 Å². The molecule has 35 heavy (non-hydrogen) atoms. The smallest absolute Gasteiger partial charge is 0.407 e. The van der Waals surface area contributed by atoms with Crippen molar-refractivity contribution in [3.05, 3.63) is 43.0 Å². The summed E-state index contributed by atoms with van der Waals surface area (Å²) in [6, 6.07) is 8.15. The van der Waals surface area contributed by atoms with Gasteiger partial charge in [0.15, 0.2) is 5.79 Å². The molecule has 3 fully saturated rings. The van der Waals surface area contributed by atoms with Gasteiger partial charge in [0.2, 0.25) is 10.0 Å². The molecule has 0 bridgehead atoms. The highest BCUT2D eigenvalue weighted by molar-refractivity contribution is 7.89. The Kier molecular flexibility index (Phi) is 7.35. The summed E-state index contributed by atoms with van der Waals surface area (Å²) in [5.74, 6) is -0.654. The quantitative estimate of drug-likeness (QED) is 0.585. The molecule has 0 radical (unpaired) electrons. The molecule has 2 heterocycles. The molecule has 1 aliphatic carbocycles. The summed E-state index contributed by atoms with van der Waals surface area (Å²) in [7, 11) is -3.68. The molecule has 0 aromatic heterocycles. The molecule has 1 aromatic rings. The summed E-state index contributed by atoms with van der Waals surface area (Å²) < 4.78 is 46.5. The van der Waals surface area contributed by atoms with Crippen LogP contribution in [0.2, 0.25) is 0 Å². The number of fused-ring (bicyclic) bond motifs is 1. The molecule has 1 amide bonds. The number of allylic oxidation sites excluding steroid dienone is 1. The third-order valence-electron chi connectivity index (χ3n) is 7.48. The van der Waals surface area contributed by atoms with E-state index in [1.165, 1.54) is 0 Å². The lowest BCUT2D eigenvalue weighted by Crippen LogP contribution is -2.66. The summed E-state index contributed by atoms with van der Waals surface area (Å²) in [4.78, 5) is 13.2. The van der Waals surface area contributed by atoms with E-state index in [1.54, 1.807) is 34.6 Å². The van der Waals surface area contributed by atoms with Gasteiger partial charge in [0.25, 0.3) is 0 Å². The minimum absolute atomic E-state index is 0.108. The molecule has 2 aliphatic heterocycles. The van der Waals surface area contributed by atoms with Gasteiger partial charge in [0.05, 0.1) is 18.1 Å². The van der Waals surface area contributed by atoms with Crippen LogP contribution in [-0.4, -0.2) is 62.5 Å². The highest BCUT2D eigenvalue weighted by Gasteiger charge is 2.60. The summed E-state index contributed by atoms with van der Waals surface area (Å²) in [6.07, 6.45) is 4.51. The second-order valence-corrected chi connectivity index (χ2v) is 12.9. The number of hydrogen-bond acceptors (Lipinski definition) is 6. The predicted octanol–water partition coefficient (Wildman–Crippen LogP) is 4.08. The van der Waals surface area contributed by atoms with Crippen LogP contribution >= 0.6 is 0 Å². The van der Waals surface area contributed by atoms with Crippen molar-refractivity contribution in [3.63, 3.8) is 0 Å². The topological polar surface area (TPSA) is 94.2 Å². The molecule has 194 valence electrons. The zero-order valence-electron chi connectivity index (χ0n) is 21.0. The van der Waals surface area contributed by atoms with E-state index < -0.39 is 32.9 Å². The average molecular weight is 507 g/mol. The SMILES string of the molecule is C=CCC[C@]12CN(S(=O)(=O)c3ccccc3)CC[C@H]1CC1(C[C@@H]2NC(=O)OC(C)(C)C)OCCO1. The summed E-state index contributed by atoms with van der Waals surface area (Å²) in [6.45, 7) is 11.1. The number of nitrogens with one attached hydrogen (secondary N) is 1. The highest BCUT2D eigenvalue weighted by Crippen LogP contribution is 2.55. The van der Waals surface area contributed by atoms with Crippen LogP contribution in [0.3, 0.4) is 0 Å². The number of piperidine rings is 1. The molecule has 1 spiro atoms. The summed E-state index contributed by atoms with van der Waals surface area (Å²) in [5, 5.41) is 3.11. The maximum absolute atomic E-state index is 13.6. The lowest BCUT2D eigenvalue weighted by atomic mass is 9.57. The first-order chi connectivity index (χ1) is 16.5. The minimum Gasteiger partial charge on any atom is -0.444 e. The van der Waals surface area contributed by atoms with Crippen molar-refractivity contribution in [1.29, 1.82) is 0 Å². The number of carbonyl (C=O) groups is 1. The van der Waals surface area contributed by atoms with Crippen LogP contribution in [0.25, 0.3) is 0 Å². The van der Waals surface area contributed by atoms with E-state index in [0.29, 0.717) is 58.4 Å². The summed E-state index contributed by atoms with van der Waals surface area (Å²) >= 11 is 0. The van der Waals surface area contributed by atoms with E-state index in [0.717, 1.165) is 0 Å². The third kappa shape index (κ3) is 5.43. The Balaban J connectivity index is 1.70. The van der Waals surface area contributed by atoms with Crippen molar-refractivity contribution in [2.75, 3.05) is 26.3 Å². The Morgan fingerprint density at radius 3 is 2.54 bits per heavy atom. The predicted molar refractivity (Wildman–Crippen MR) is 132 cm³/mol. The molecule has 1 saturated carbocycles. The fraction of sp³-hybridized carbons (Fsp3) is 0.654. The van der Waals surface area contributed by atoms with Crippen molar-refractivity contribution < 1.29 is 27.4 Å².